The van der Waals surface area contributed by atoms with E-state index in [-0.39, 0.29) is 6.61 Å². The SMILES string of the molecule is Cn1n[c]cc1CO. The number of rotatable bonds is 1. The topological polar surface area (TPSA) is 38.0 Å². The normalized spacial score (nSPS) is 9.75. The van der Waals surface area contributed by atoms with Crippen molar-refractivity contribution in [1.29, 1.82) is 0 Å². The Kier molecular flexibility index (Phi) is 1.30. The summed E-state index contributed by atoms with van der Waals surface area (Å²) in [7, 11) is 1.77. The maximum atomic E-state index is 8.53. The molecule has 43 valence electrons. The Bertz CT molecular complexity index is 171. The Morgan fingerprint density at radius 3 is 3.00 bits per heavy atom. The molecule has 1 aromatic heterocycles. The van der Waals surface area contributed by atoms with Gasteiger partial charge in [0.2, 0.25) is 0 Å². The van der Waals surface area contributed by atoms with Gasteiger partial charge in [0.15, 0.2) is 0 Å². The number of nitrogens with zero attached hydrogens (tertiary/aromatic N) is 2. The second-order valence-electron chi connectivity index (χ2n) is 1.55. The van der Waals surface area contributed by atoms with Gasteiger partial charge in [-0.2, -0.15) is 5.10 Å². The van der Waals surface area contributed by atoms with Gasteiger partial charge in [-0.3, -0.25) is 4.68 Å². The molecular weight excluding hydrogens is 104 g/mol. The highest BCUT2D eigenvalue weighted by atomic mass is 16.3. The first-order chi connectivity index (χ1) is 3.84. The van der Waals surface area contributed by atoms with Gasteiger partial charge in [0.05, 0.1) is 12.3 Å². The molecule has 0 fully saturated rings. The predicted octanol–water partition coefficient (Wildman–Crippen LogP) is -0.287. The van der Waals surface area contributed by atoms with Crippen LogP contribution in [0.4, 0.5) is 0 Å². The fourth-order valence-corrected chi connectivity index (χ4v) is 0.496. The lowest BCUT2D eigenvalue weighted by Crippen LogP contribution is -1.96. The molecule has 3 nitrogen and oxygen atoms in total. The Morgan fingerprint density at radius 2 is 2.75 bits per heavy atom. The summed E-state index contributed by atoms with van der Waals surface area (Å²) in [5.74, 6) is 0. The summed E-state index contributed by atoms with van der Waals surface area (Å²) in [4.78, 5) is 0. The highest BCUT2D eigenvalue weighted by Gasteiger charge is 1.92. The Balaban J connectivity index is 2.92. The molecule has 0 aliphatic heterocycles. The van der Waals surface area contributed by atoms with E-state index in [0.29, 0.717) is 0 Å². The zero-order chi connectivity index (χ0) is 5.98. The summed E-state index contributed by atoms with van der Waals surface area (Å²) in [5.41, 5.74) is 0.782. The van der Waals surface area contributed by atoms with E-state index in [1.165, 1.54) is 0 Å². The number of aliphatic hydroxyl groups is 1. The summed E-state index contributed by atoms with van der Waals surface area (Å²) in [6.07, 6.45) is 2.60. The van der Waals surface area contributed by atoms with Crippen molar-refractivity contribution in [1.82, 2.24) is 9.78 Å². The van der Waals surface area contributed by atoms with Gasteiger partial charge < -0.3 is 5.11 Å². The Labute approximate surface area is 47.6 Å². The lowest BCUT2D eigenvalue weighted by molar-refractivity contribution is 0.270. The monoisotopic (exact) mass is 111 g/mol. The number of hydrogen-bond donors (Lipinski definition) is 1. The average Bonchev–Trinajstić information content (AvgIpc) is 2.14. The zero-order valence-electron chi connectivity index (χ0n) is 4.63. The zero-order valence-corrected chi connectivity index (χ0v) is 4.63. The summed E-state index contributed by atoms with van der Waals surface area (Å²) >= 11 is 0. The second-order valence-corrected chi connectivity index (χ2v) is 1.55. The van der Waals surface area contributed by atoms with Gasteiger partial charge in [-0.15, -0.1) is 0 Å². The third kappa shape index (κ3) is 0.721. The van der Waals surface area contributed by atoms with Gasteiger partial charge in [-0.05, 0) is 6.07 Å². The van der Waals surface area contributed by atoms with Crippen LogP contribution in [0, 0.1) is 6.20 Å². The van der Waals surface area contributed by atoms with Gasteiger partial charge in [-0.1, -0.05) is 0 Å². The lowest BCUT2D eigenvalue weighted by Gasteiger charge is -1.92. The first-order valence-corrected chi connectivity index (χ1v) is 2.34. The minimum atomic E-state index is 0.0347. The van der Waals surface area contributed by atoms with Crippen LogP contribution in [-0.2, 0) is 13.7 Å². The molecule has 0 saturated heterocycles. The van der Waals surface area contributed by atoms with Crippen LogP contribution in [0.2, 0.25) is 0 Å². The van der Waals surface area contributed by atoms with Crippen molar-refractivity contribution < 1.29 is 5.11 Å². The van der Waals surface area contributed by atoms with E-state index in [4.69, 9.17) is 5.11 Å². The molecule has 1 radical (unpaired) electrons. The van der Waals surface area contributed by atoms with Crippen LogP contribution < -0.4 is 0 Å². The second kappa shape index (κ2) is 1.96. The Morgan fingerprint density at radius 1 is 2.00 bits per heavy atom. The number of aliphatic hydroxyl groups excluding tert-OH is 1. The van der Waals surface area contributed by atoms with Crippen LogP contribution in [0.3, 0.4) is 0 Å². The highest BCUT2D eigenvalue weighted by molar-refractivity contribution is 4.95. The van der Waals surface area contributed by atoms with E-state index in [0.717, 1.165) is 5.69 Å². The van der Waals surface area contributed by atoms with Gasteiger partial charge in [0, 0.05) is 7.05 Å². The van der Waals surface area contributed by atoms with Gasteiger partial charge in [-0.25, -0.2) is 0 Å². The maximum absolute atomic E-state index is 8.53. The third-order valence-corrected chi connectivity index (χ3v) is 1.02. The highest BCUT2D eigenvalue weighted by Crippen LogP contribution is 1.92. The standard InChI is InChI=1S/C5H7N2O/c1-7-5(4-8)2-3-6-7/h2,8H,4H2,1H3. The van der Waals surface area contributed by atoms with Crippen LogP contribution in [-0.4, -0.2) is 14.9 Å². The lowest BCUT2D eigenvalue weighted by atomic mass is 10.5. The molecular formula is C5H7N2O. The van der Waals surface area contributed by atoms with Crippen molar-refractivity contribution >= 4 is 0 Å². The van der Waals surface area contributed by atoms with Crippen molar-refractivity contribution in [2.24, 2.45) is 7.05 Å². The van der Waals surface area contributed by atoms with E-state index < -0.39 is 0 Å². The molecule has 1 aromatic rings. The third-order valence-electron chi connectivity index (χ3n) is 1.02. The molecule has 0 aliphatic carbocycles. The van der Waals surface area contributed by atoms with Crippen LogP contribution in [0.15, 0.2) is 6.07 Å². The molecule has 0 saturated carbocycles. The molecule has 8 heavy (non-hydrogen) atoms. The van der Waals surface area contributed by atoms with Crippen LogP contribution >= 0.6 is 0 Å². The Hall–Kier alpha value is -0.830. The molecule has 1 heterocycles. The summed E-state index contributed by atoms with van der Waals surface area (Å²) < 4.78 is 1.58. The molecule has 0 atom stereocenters. The molecule has 0 spiro atoms. The van der Waals surface area contributed by atoms with Crippen molar-refractivity contribution in [3.8, 4) is 0 Å². The van der Waals surface area contributed by atoms with Crippen LogP contribution in [0.1, 0.15) is 5.69 Å². The largest absolute Gasteiger partial charge is 0.390 e. The maximum Gasteiger partial charge on any atom is 0.113 e. The van der Waals surface area contributed by atoms with E-state index in [9.17, 15) is 0 Å². The molecule has 0 bridgehead atoms. The van der Waals surface area contributed by atoms with Crippen molar-refractivity contribution in [2.45, 2.75) is 6.61 Å². The average molecular weight is 111 g/mol. The summed E-state index contributed by atoms with van der Waals surface area (Å²) in [6.45, 7) is 0.0347. The van der Waals surface area contributed by atoms with E-state index >= 15 is 0 Å². The van der Waals surface area contributed by atoms with Crippen molar-refractivity contribution in [3.05, 3.63) is 18.0 Å². The number of aromatic nitrogens is 2. The van der Waals surface area contributed by atoms with Crippen LogP contribution in [0.5, 0.6) is 0 Å². The van der Waals surface area contributed by atoms with Crippen molar-refractivity contribution in [3.63, 3.8) is 0 Å². The van der Waals surface area contributed by atoms with Crippen LogP contribution in [0.25, 0.3) is 0 Å². The molecule has 0 unspecified atom stereocenters. The number of hydrogen-bond acceptors (Lipinski definition) is 2. The molecule has 0 amide bonds. The molecule has 1 rings (SSSR count). The minimum Gasteiger partial charge on any atom is -0.390 e. The number of aryl methyl sites for hydroxylation is 1. The smallest absolute Gasteiger partial charge is 0.113 e. The fraction of sp³-hybridized carbons (Fsp3) is 0.400. The van der Waals surface area contributed by atoms with Gasteiger partial charge in [0.25, 0.3) is 0 Å². The van der Waals surface area contributed by atoms with Crippen molar-refractivity contribution in [2.75, 3.05) is 0 Å². The molecule has 0 aliphatic rings. The quantitative estimate of drug-likeness (QED) is 0.541. The molecule has 3 heteroatoms. The van der Waals surface area contributed by atoms with E-state index in [2.05, 4.69) is 11.3 Å². The summed E-state index contributed by atoms with van der Waals surface area (Å²) in [5, 5.41) is 12.2. The summed E-state index contributed by atoms with van der Waals surface area (Å²) in [6, 6.07) is 1.65. The first kappa shape index (κ1) is 5.31. The fourth-order valence-electron chi connectivity index (χ4n) is 0.496. The molecule has 0 aromatic carbocycles. The first-order valence-electron chi connectivity index (χ1n) is 2.34. The van der Waals surface area contributed by atoms with E-state index in [1.807, 2.05) is 0 Å². The predicted molar refractivity (Wildman–Crippen MR) is 28.0 cm³/mol. The van der Waals surface area contributed by atoms with Gasteiger partial charge in [0.1, 0.15) is 6.20 Å². The van der Waals surface area contributed by atoms with Gasteiger partial charge >= 0.3 is 0 Å². The molecule has 1 N–H and O–H groups in total. The minimum absolute atomic E-state index is 0.0347. The van der Waals surface area contributed by atoms with E-state index in [1.54, 1.807) is 17.8 Å².